The highest BCUT2D eigenvalue weighted by Gasteiger charge is 2.09. The van der Waals surface area contributed by atoms with Gasteiger partial charge in [0.15, 0.2) is 0 Å². The van der Waals surface area contributed by atoms with E-state index in [0.717, 1.165) is 23.9 Å². The van der Waals surface area contributed by atoms with Crippen LogP contribution < -0.4 is 5.32 Å². The third kappa shape index (κ3) is 3.78. The van der Waals surface area contributed by atoms with Crippen LogP contribution in [0, 0.1) is 0 Å². The highest BCUT2D eigenvalue weighted by molar-refractivity contribution is 9.10. The van der Waals surface area contributed by atoms with Crippen molar-refractivity contribution in [1.82, 2.24) is 5.32 Å². The van der Waals surface area contributed by atoms with Gasteiger partial charge in [-0.15, -0.1) is 0 Å². The zero-order valence-electron chi connectivity index (χ0n) is 11.4. The number of benzene rings is 2. The van der Waals surface area contributed by atoms with Crippen LogP contribution in [0.1, 0.15) is 24.4 Å². The lowest BCUT2D eigenvalue weighted by Gasteiger charge is -2.17. The van der Waals surface area contributed by atoms with Gasteiger partial charge in [0, 0.05) is 24.2 Å². The molecule has 0 aliphatic carbocycles. The zero-order chi connectivity index (χ0) is 13.7. The molecule has 3 heteroatoms. The fraction of sp³-hybridized carbons (Fsp3) is 0.375. The Bertz CT molecular complexity index is 541. The van der Waals surface area contributed by atoms with E-state index in [4.69, 9.17) is 4.74 Å². The first-order valence-corrected chi connectivity index (χ1v) is 7.39. The first-order chi connectivity index (χ1) is 9.24. The molecule has 0 saturated heterocycles. The molecule has 0 heterocycles. The summed E-state index contributed by atoms with van der Waals surface area (Å²) >= 11 is 3.51. The number of rotatable bonds is 6. The number of fused-ring (bicyclic) bond motifs is 1. The molecule has 19 heavy (non-hydrogen) atoms. The van der Waals surface area contributed by atoms with Gasteiger partial charge in [-0.3, -0.25) is 0 Å². The molecular weight excluding hydrogens is 302 g/mol. The lowest BCUT2D eigenvalue weighted by molar-refractivity contribution is 0.189. The Balaban J connectivity index is 2.20. The Kier molecular flexibility index (Phi) is 5.37. The van der Waals surface area contributed by atoms with Gasteiger partial charge in [-0.05, 0) is 54.4 Å². The largest absolute Gasteiger partial charge is 0.385 e. The van der Waals surface area contributed by atoms with Crippen molar-refractivity contribution in [3.05, 3.63) is 46.4 Å². The Morgan fingerprint density at radius 3 is 2.63 bits per heavy atom. The van der Waals surface area contributed by atoms with E-state index in [-0.39, 0.29) is 0 Å². The van der Waals surface area contributed by atoms with Gasteiger partial charge >= 0.3 is 0 Å². The van der Waals surface area contributed by atoms with E-state index in [1.807, 2.05) is 7.05 Å². The van der Waals surface area contributed by atoms with Gasteiger partial charge in [-0.2, -0.15) is 0 Å². The van der Waals surface area contributed by atoms with E-state index in [1.165, 1.54) is 16.3 Å². The molecule has 2 aromatic carbocycles. The van der Waals surface area contributed by atoms with E-state index in [0.29, 0.717) is 6.04 Å². The molecule has 2 nitrogen and oxygen atoms in total. The summed E-state index contributed by atoms with van der Waals surface area (Å²) in [5.74, 6) is 0. The van der Waals surface area contributed by atoms with Crippen LogP contribution in [0.15, 0.2) is 40.9 Å². The minimum atomic E-state index is 0.392. The summed E-state index contributed by atoms with van der Waals surface area (Å²) in [4.78, 5) is 0. The molecule has 0 radical (unpaired) electrons. The van der Waals surface area contributed by atoms with E-state index in [1.54, 1.807) is 7.11 Å². The fourth-order valence-corrected chi connectivity index (χ4v) is 2.74. The second kappa shape index (κ2) is 7.04. The van der Waals surface area contributed by atoms with Gasteiger partial charge in [0.25, 0.3) is 0 Å². The first-order valence-electron chi connectivity index (χ1n) is 6.60. The summed E-state index contributed by atoms with van der Waals surface area (Å²) in [5, 5.41) is 5.94. The monoisotopic (exact) mass is 321 g/mol. The van der Waals surface area contributed by atoms with Gasteiger partial charge in [0.05, 0.1) is 0 Å². The molecule has 2 aromatic rings. The fourth-order valence-electron chi connectivity index (χ4n) is 2.36. The molecule has 0 aromatic heterocycles. The molecule has 0 bridgehead atoms. The standard InChI is InChI=1S/C16H20BrNO/c1-18-16(4-3-9-19-2)14-6-5-13-11-15(17)8-7-12(13)10-14/h5-8,10-11,16,18H,3-4,9H2,1-2H3. The van der Waals surface area contributed by atoms with Crippen molar-refractivity contribution in [1.29, 1.82) is 0 Å². The van der Waals surface area contributed by atoms with Crippen LogP contribution in [0.4, 0.5) is 0 Å². The van der Waals surface area contributed by atoms with Crippen LogP contribution in [0.2, 0.25) is 0 Å². The average Bonchev–Trinajstić information content (AvgIpc) is 2.43. The number of hydrogen-bond donors (Lipinski definition) is 1. The number of halogens is 1. The second-order valence-electron chi connectivity index (χ2n) is 4.73. The van der Waals surface area contributed by atoms with Crippen LogP contribution in [0.3, 0.4) is 0 Å². The predicted octanol–water partition coefficient (Wildman–Crippen LogP) is 4.29. The van der Waals surface area contributed by atoms with Crippen LogP contribution in [0.5, 0.6) is 0 Å². The summed E-state index contributed by atoms with van der Waals surface area (Å²) in [7, 11) is 3.77. The summed E-state index contributed by atoms with van der Waals surface area (Å²) < 4.78 is 6.25. The minimum absolute atomic E-state index is 0.392. The SMILES string of the molecule is CNC(CCCOC)c1ccc2cc(Br)ccc2c1. The Hall–Kier alpha value is -0.900. The third-order valence-electron chi connectivity index (χ3n) is 3.42. The first kappa shape index (κ1) is 14.5. The van der Waals surface area contributed by atoms with E-state index < -0.39 is 0 Å². The topological polar surface area (TPSA) is 21.3 Å². The van der Waals surface area contributed by atoms with Gasteiger partial charge in [0.1, 0.15) is 0 Å². The summed E-state index contributed by atoms with van der Waals surface area (Å²) in [5.41, 5.74) is 1.34. The molecule has 0 fully saturated rings. The Morgan fingerprint density at radius 1 is 1.16 bits per heavy atom. The van der Waals surface area contributed by atoms with Crippen molar-refractivity contribution in [3.63, 3.8) is 0 Å². The maximum absolute atomic E-state index is 5.12. The second-order valence-corrected chi connectivity index (χ2v) is 5.64. The molecule has 0 aliphatic rings. The molecular formula is C16H20BrNO. The highest BCUT2D eigenvalue weighted by Crippen LogP contribution is 2.25. The molecule has 1 N–H and O–H groups in total. The minimum Gasteiger partial charge on any atom is -0.385 e. The van der Waals surface area contributed by atoms with E-state index in [9.17, 15) is 0 Å². The number of hydrogen-bond acceptors (Lipinski definition) is 2. The van der Waals surface area contributed by atoms with Crippen LogP contribution in [-0.4, -0.2) is 20.8 Å². The quantitative estimate of drug-likeness (QED) is 0.801. The molecule has 1 atom stereocenters. The van der Waals surface area contributed by atoms with Crippen molar-refractivity contribution < 1.29 is 4.74 Å². The normalized spacial score (nSPS) is 12.8. The van der Waals surface area contributed by atoms with Crippen LogP contribution in [0.25, 0.3) is 10.8 Å². The molecule has 0 amide bonds. The van der Waals surface area contributed by atoms with Crippen LogP contribution >= 0.6 is 15.9 Å². The lowest BCUT2D eigenvalue weighted by atomic mass is 9.99. The summed E-state index contributed by atoms with van der Waals surface area (Å²) in [6.07, 6.45) is 2.16. The third-order valence-corrected chi connectivity index (χ3v) is 3.91. The van der Waals surface area contributed by atoms with Gasteiger partial charge in [-0.1, -0.05) is 34.1 Å². The highest BCUT2D eigenvalue weighted by atomic mass is 79.9. The number of methoxy groups -OCH3 is 1. The summed E-state index contributed by atoms with van der Waals surface area (Å²) in [6, 6.07) is 13.5. The molecule has 1 unspecified atom stereocenters. The summed E-state index contributed by atoms with van der Waals surface area (Å²) in [6.45, 7) is 0.818. The Labute approximate surface area is 123 Å². The molecule has 0 saturated carbocycles. The van der Waals surface area contributed by atoms with Crippen molar-refractivity contribution in [2.24, 2.45) is 0 Å². The maximum Gasteiger partial charge on any atom is 0.0462 e. The predicted molar refractivity (Wildman–Crippen MR) is 84.6 cm³/mol. The molecule has 2 rings (SSSR count). The number of nitrogens with one attached hydrogen (secondary N) is 1. The lowest BCUT2D eigenvalue weighted by Crippen LogP contribution is -2.16. The molecule has 102 valence electrons. The van der Waals surface area contributed by atoms with Crippen LogP contribution in [-0.2, 0) is 4.74 Å². The zero-order valence-corrected chi connectivity index (χ0v) is 13.0. The van der Waals surface area contributed by atoms with E-state index >= 15 is 0 Å². The average molecular weight is 322 g/mol. The van der Waals surface area contributed by atoms with Crippen molar-refractivity contribution >= 4 is 26.7 Å². The number of ether oxygens (including phenoxy) is 1. The smallest absolute Gasteiger partial charge is 0.0462 e. The molecule has 0 spiro atoms. The maximum atomic E-state index is 5.12. The van der Waals surface area contributed by atoms with Crippen molar-refractivity contribution in [3.8, 4) is 0 Å². The van der Waals surface area contributed by atoms with Crippen molar-refractivity contribution in [2.75, 3.05) is 20.8 Å². The Morgan fingerprint density at radius 2 is 1.89 bits per heavy atom. The van der Waals surface area contributed by atoms with Crippen molar-refractivity contribution in [2.45, 2.75) is 18.9 Å². The van der Waals surface area contributed by atoms with E-state index in [2.05, 4.69) is 57.6 Å². The van der Waals surface area contributed by atoms with Gasteiger partial charge in [-0.25, -0.2) is 0 Å². The van der Waals surface area contributed by atoms with Gasteiger partial charge < -0.3 is 10.1 Å². The van der Waals surface area contributed by atoms with Gasteiger partial charge in [0.2, 0.25) is 0 Å². The molecule has 0 aliphatic heterocycles.